The summed E-state index contributed by atoms with van der Waals surface area (Å²) in [5.74, 6) is 0. The molecule has 13 heavy (non-hydrogen) atoms. The van der Waals surface area contributed by atoms with Gasteiger partial charge in [-0.2, -0.15) is 0 Å². The number of nitrogens with two attached hydrogens (primary N) is 1. The van der Waals surface area contributed by atoms with Crippen molar-refractivity contribution in [2.45, 2.75) is 46.1 Å². The smallest absolute Gasteiger partial charge is 0.00963 e. The van der Waals surface area contributed by atoms with Gasteiger partial charge in [0.1, 0.15) is 0 Å². The molecule has 0 aromatic rings. The molecular weight excluding hydrogens is 160 g/mol. The summed E-state index contributed by atoms with van der Waals surface area (Å²) in [5.41, 5.74) is 6.03. The van der Waals surface area contributed by atoms with Crippen molar-refractivity contribution >= 4 is 0 Å². The molecule has 0 aromatic heterocycles. The number of hydrogen-bond donors (Lipinski definition) is 1. The molecule has 0 atom stereocenters. The zero-order valence-electron chi connectivity index (χ0n) is 9.34. The van der Waals surface area contributed by atoms with Gasteiger partial charge in [-0.3, -0.25) is 0 Å². The number of hydrogen-bond acceptors (Lipinski definition) is 2. The van der Waals surface area contributed by atoms with E-state index in [1.54, 1.807) is 0 Å². The summed E-state index contributed by atoms with van der Waals surface area (Å²) in [6.07, 6.45) is 4.06. The highest BCUT2D eigenvalue weighted by atomic mass is 15.2. The Bertz CT molecular complexity index is 150. The summed E-state index contributed by atoms with van der Waals surface area (Å²) in [4.78, 5) is 2.59. The Balaban J connectivity index is 2.22. The Morgan fingerprint density at radius 2 is 2.00 bits per heavy atom. The Morgan fingerprint density at radius 3 is 2.38 bits per heavy atom. The van der Waals surface area contributed by atoms with Gasteiger partial charge in [0.2, 0.25) is 0 Å². The van der Waals surface area contributed by atoms with Gasteiger partial charge in [0, 0.05) is 6.04 Å². The van der Waals surface area contributed by atoms with Gasteiger partial charge in [-0.1, -0.05) is 20.8 Å². The van der Waals surface area contributed by atoms with Crippen LogP contribution in [0.3, 0.4) is 0 Å². The molecule has 2 heteroatoms. The van der Waals surface area contributed by atoms with Gasteiger partial charge in [0.05, 0.1) is 0 Å². The molecular formula is C11H24N2. The fraction of sp³-hybridized carbons (Fsp3) is 1.00. The van der Waals surface area contributed by atoms with Crippen molar-refractivity contribution in [1.29, 1.82) is 0 Å². The van der Waals surface area contributed by atoms with Gasteiger partial charge in [-0.05, 0) is 44.3 Å². The van der Waals surface area contributed by atoms with Crippen molar-refractivity contribution in [1.82, 2.24) is 4.90 Å². The van der Waals surface area contributed by atoms with Gasteiger partial charge in [0.25, 0.3) is 0 Å². The van der Waals surface area contributed by atoms with Crippen molar-refractivity contribution in [2.75, 3.05) is 19.6 Å². The van der Waals surface area contributed by atoms with Crippen LogP contribution in [0.2, 0.25) is 0 Å². The molecule has 78 valence electrons. The van der Waals surface area contributed by atoms with Crippen LogP contribution in [0.25, 0.3) is 0 Å². The molecule has 0 aromatic carbocycles. The predicted molar refractivity (Wildman–Crippen MR) is 57.7 cm³/mol. The summed E-state index contributed by atoms with van der Waals surface area (Å²) in [6, 6.07) is 0.901. The second-order valence-electron chi connectivity index (χ2n) is 4.98. The third-order valence-corrected chi connectivity index (χ3v) is 3.10. The van der Waals surface area contributed by atoms with Gasteiger partial charge in [0.15, 0.2) is 0 Å². The molecule has 0 spiro atoms. The zero-order chi connectivity index (χ0) is 9.90. The number of rotatable bonds is 6. The minimum atomic E-state index is 0.322. The van der Waals surface area contributed by atoms with Crippen LogP contribution in [-0.4, -0.2) is 30.6 Å². The highest BCUT2D eigenvalue weighted by Gasteiger charge is 2.28. The highest BCUT2D eigenvalue weighted by Crippen LogP contribution is 2.28. The first-order chi connectivity index (χ1) is 6.09. The van der Waals surface area contributed by atoms with Crippen LogP contribution in [0.5, 0.6) is 0 Å². The quantitative estimate of drug-likeness (QED) is 0.682. The van der Waals surface area contributed by atoms with Crippen molar-refractivity contribution in [3.8, 4) is 0 Å². The highest BCUT2D eigenvalue weighted by molar-refractivity contribution is 4.85. The Kier molecular flexibility index (Phi) is 3.74. The summed E-state index contributed by atoms with van der Waals surface area (Å²) in [6.45, 7) is 10.0. The van der Waals surface area contributed by atoms with Crippen molar-refractivity contribution in [3.63, 3.8) is 0 Å². The van der Waals surface area contributed by atoms with E-state index in [9.17, 15) is 0 Å². The molecule has 0 unspecified atom stereocenters. The van der Waals surface area contributed by atoms with E-state index >= 15 is 0 Å². The Morgan fingerprint density at radius 1 is 1.38 bits per heavy atom. The lowest BCUT2D eigenvalue weighted by atomic mass is 9.89. The molecule has 1 aliphatic rings. The molecule has 1 saturated carbocycles. The first-order valence-corrected chi connectivity index (χ1v) is 5.53. The molecule has 0 heterocycles. The van der Waals surface area contributed by atoms with Gasteiger partial charge < -0.3 is 10.6 Å². The lowest BCUT2D eigenvalue weighted by Crippen LogP contribution is -2.33. The van der Waals surface area contributed by atoms with Crippen LogP contribution in [0.1, 0.15) is 40.0 Å². The van der Waals surface area contributed by atoms with E-state index in [2.05, 4.69) is 25.7 Å². The van der Waals surface area contributed by atoms with Gasteiger partial charge in [-0.15, -0.1) is 0 Å². The largest absolute Gasteiger partial charge is 0.330 e. The molecule has 1 fully saturated rings. The van der Waals surface area contributed by atoms with Crippen molar-refractivity contribution in [3.05, 3.63) is 0 Å². The molecule has 1 rings (SSSR count). The molecule has 0 aliphatic heterocycles. The third-order valence-electron chi connectivity index (χ3n) is 3.10. The first-order valence-electron chi connectivity index (χ1n) is 5.53. The molecule has 1 aliphatic carbocycles. The number of nitrogens with zero attached hydrogens (tertiary/aromatic N) is 1. The maximum Gasteiger partial charge on any atom is 0.00963 e. The third kappa shape index (κ3) is 3.65. The van der Waals surface area contributed by atoms with E-state index in [1.807, 2.05) is 0 Å². The van der Waals surface area contributed by atoms with Gasteiger partial charge >= 0.3 is 0 Å². The van der Waals surface area contributed by atoms with E-state index in [4.69, 9.17) is 5.73 Å². The van der Waals surface area contributed by atoms with Crippen LogP contribution >= 0.6 is 0 Å². The second-order valence-corrected chi connectivity index (χ2v) is 4.98. The Labute approximate surface area is 82.5 Å². The molecule has 2 nitrogen and oxygen atoms in total. The van der Waals surface area contributed by atoms with Crippen LogP contribution in [0.4, 0.5) is 0 Å². The monoisotopic (exact) mass is 184 g/mol. The average Bonchev–Trinajstić information content (AvgIpc) is 2.89. The summed E-state index contributed by atoms with van der Waals surface area (Å²) < 4.78 is 0. The predicted octanol–water partition coefficient (Wildman–Crippen LogP) is 1.85. The fourth-order valence-electron chi connectivity index (χ4n) is 1.59. The Hall–Kier alpha value is -0.0800. The average molecular weight is 184 g/mol. The molecule has 0 radical (unpaired) electrons. The SMILES string of the molecule is CCN(CCC(C)(C)CN)C1CC1. The van der Waals surface area contributed by atoms with E-state index in [0.717, 1.165) is 12.6 Å². The van der Waals surface area contributed by atoms with Gasteiger partial charge in [-0.25, -0.2) is 0 Å². The molecule has 0 saturated heterocycles. The lowest BCUT2D eigenvalue weighted by molar-refractivity contribution is 0.222. The topological polar surface area (TPSA) is 29.3 Å². The minimum Gasteiger partial charge on any atom is -0.330 e. The standard InChI is InChI=1S/C11H24N2/c1-4-13(10-5-6-10)8-7-11(2,3)9-12/h10H,4-9,12H2,1-3H3. The summed E-state index contributed by atoms with van der Waals surface area (Å²) >= 11 is 0. The minimum absolute atomic E-state index is 0.322. The lowest BCUT2D eigenvalue weighted by Gasteiger charge is -2.27. The van der Waals surface area contributed by atoms with E-state index in [-0.39, 0.29) is 0 Å². The molecule has 0 amide bonds. The van der Waals surface area contributed by atoms with Crippen molar-refractivity contribution in [2.24, 2.45) is 11.1 Å². The molecule has 2 N–H and O–H groups in total. The van der Waals surface area contributed by atoms with E-state index in [1.165, 1.54) is 32.4 Å². The fourth-order valence-corrected chi connectivity index (χ4v) is 1.59. The van der Waals surface area contributed by atoms with Crippen LogP contribution in [-0.2, 0) is 0 Å². The van der Waals surface area contributed by atoms with E-state index < -0.39 is 0 Å². The van der Waals surface area contributed by atoms with E-state index in [0.29, 0.717) is 5.41 Å². The second kappa shape index (κ2) is 4.43. The van der Waals surface area contributed by atoms with Crippen LogP contribution in [0, 0.1) is 5.41 Å². The van der Waals surface area contributed by atoms with Crippen LogP contribution < -0.4 is 5.73 Å². The maximum absolute atomic E-state index is 5.71. The first kappa shape index (κ1) is 11.0. The molecule has 0 bridgehead atoms. The zero-order valence-corrected chi connectivity index (χ0v) is 9.34. The van der Waals surface area contributed by atoms with Crippen LogP contribution in [0.15, 0.2) is 0 Å². The van der Waals surface area contributed by atoms with Crippen molar-refractivity contribution < 1.29 is 0 Å². The summed E-state index contributed by atoms with van der Waals surface area (Å²) in [7, 11) is 0. The summed E-state index contributed by atoms with van der Waals surface area (Å²) in [5, 5.41) is 0. The maximum atomic E-state index is 5.71. The normalized spacial score (nSPS) is 18.2.